The Hall–Kier alpha value is -1.41. The number of sulfonamides is 1. The summed E-state index contributed by atoms with van der Waals surface area (Å²) >= 11 is 0. The Morgan fingerprint density at radius 2 is 2.04 bits per heavy atom. The van der Waals surface area contributed by atoms with E-state index in [1.807, 2.05) is 10.8 Å². The Bertz CT molecular complexity index is 715. The number of hydrogen-bond acceptors (Lipinski definition) is 4. The van der Waals surface area contributed by atoms with E-state index in [-0.39, 0.29) is 11.7 Å². The molecule has 1 saturated heterocycles. The number of amides is 1. The first-order chi connectivity index (χ1) is 11.0. The number of rotatable bonds is 4. The van der Waals surface area contributed by atoms with E-state index in [0.717, 1.165) is 19.3 Å². The van der Waals surface area contributed by atoms with Gasteiger partial charge in [0.1, 0.15) is 0 Å². The predicted octanol–water partition coefficient (Wildman–Crippen LogP) is 1.15. The van der Waals surface area contributed by atoms with Crippen molar-refractivity contribution in [1.29, 1.82) is 0 Å². The second kappa shape index (κ2) is 5.31. The number of nitrogens with zero attached hydrogens (tertiary/aromatic N) is 3. The third-order valence-corrected chi connectivity index (χ3v) is 7.28. The molecule has 0 aromatic carbocycles. The topological polar surface area (TPSA) is 84.3 Å². The molecule has 2 aliphatic heterocycles. The fraction of sp³-hybridized carbons (Fsp3) is 0.733. The number of aromatic nitrogens is 2. The Labute approximate surface area is 136 Å². The highest BCUT2D eigenvalue weighted by Gasteiger charge is 2.52. The fourth-order valence-electron chi connectivity index (χ4n) is 4.15. The molecule has 3 heterocycles. The van der Waals surface area contributed by atoms with Gasteiger partial charge in [-0.15, -0.1) is 0 Å². The molecule has 0 radical (unpaired) electrons. The third kappa shape index (κ3) is 2.57. The van der Waals surface area contributed by atoms with E-state index in [2.05, 4.69) is 10.3 Å². The first kappa shape index (κ1) is 15.1. The minimum Gasteiger partial charge on any atom is -0.308 e. The number of fused-ring (bicyclic) bond motifs is 2. The highest BCUT2D eigenvalue weighted by molar-refractivity contribution is 7.89. The molecule has 1 saturated carbocycles. The first-order valence-electron chi connectivity index (χ1n) is 8.30. The van der Waals surface area contributed by atoms with Crippen LogP contribution < -0.4 is 5.32 Å². The lowest BCUT2D eigenvalue weighted by Crippen LogP contribution is -2.66. The lowest BCUT2D eigenvalue weighted by atomic mass is 9.86. The van der Waals surface area contributed by atoms with Gasteiger partial charge in [0.25, 0.3) is 0 Å². The molecular formula is C15H22N4O3S. The van der Waals surface area contributed by atoms with Crippen molar-refractivity contribution >= 4 is 21.9 Å². The molecule has 1 aliphatic carbocycles. The second-order valence-electron chi connectivity index (χ2n) is 7.09. The zero-order chi connectivity index (χ0) is 16.1. The van der Waals surface area contributed by atoms with E-state index in [1.54, 1.807) is 6.20 Å². The summed E-state index contributed by atoms with van der Waals surface area (Å²) in [7, 11) is -3.22. The standard InChI is InChI=1S/C15H22N4O3S/c20-13-9-15(19-7-6-16-14(19)17-13)10-18(11-15)23(21,22)8-5-12-3-1-2-4-12/h6-7,12H,1-5,8-11H2,(H,16,17,20). The van der Waals surface area contributed by atoms with Crippen molar-refractivity contribution in [3.05, 3.63) is 12.4 Å². The maximum absolute atomic E-state index is 12.5. The Morgan fingerprint density at radius 3 is 2.78 bits per heavy atom. The first-order valence-corrected chi connectivity index (χ1v) is 9.91. The zero-order valence-corrected chi connectivity index (χ0v) is 13.9. The monoisotopic (exact) mass is 338 g/mol. The van der Waals surface area contributed by atoms with E-state index < -0.39 is 15.6 Å². The van der Waals surface area contributed by atoms with Crippen LogP contribution in [0, 0.1) is 5.92 Å². The van der Waals surface area contributed by atoms with E-state index in [1.165, 1.54) is 17.1 Å². The van der Waals surface area contributed by atoms with Gasteiger partial charge in [0.2, 0.25) is 21.9 Å². The Balaban J connectivity index is 1.43. The van der Waals surface area contributed by atoms with Crippen LogP contribution in [0.1, 0.15) is 38.5 Å². The molecule has 1 aromatic rings. The summed E-state index contributed by atoms with van der Waals surface area (Å²) in [4.78, 5) is 16.0. The summed E-state index contributed by atoms with van der Waals surface area (Å²) in [5, 5.41) is 2.72. The van der Waals surface area contributed by atoms with Crippen LogP contribution >= 0.6 is 0 Å². The summed E-state index contributed by atoms with van der Waals surface area (Å²) in [6.07, 6.45) is 9.33. The molecule has 1 N–H and O–H groups in total. The normalized spacial score (nSPS) is 24.4. The number of nitrogens with one attached hydrogen (secondary N) is 1. The van der Waals surface area contributed by atoms with E-state index in [4.69, 9.17) is 0 Å². The van der Waals surface area contributed by atoms with Crippen LogP contribution in [-0.2, 0) is 20.4 Å². The summed E-state index contributed by atoms with van der Waals surface area (Å²) in [5.74, 6) is 1.23. The Kier molecular flexibility index (Phi) is 3.49. The van der Waals surface area contributed by atoms with Gasteiger partial charge in [-0.25, -0.2) is 13.4 Å². The van der Waals surface area contributed by atoms with Crippen LogP contribution in [0.15, 0.2) is 12.4 Å². The lowest BCUT2D eigenvalue weighted by Gasteiger charge is -2.51. The molecule has 0 atom stereocenters. The van der Waals surface area contributed by atoms with Gasteiger partial charge < -0.3 is 4.57 Å². The molecule has 8 heteroatoms. The van der Waals surface area contributed by atoms with Gasteiger partial charge in [-0.3, -0.25) is 10.1 Å². The molecule has 0 bridgehead atoms. The van der Waals surface area contributed by atoms with Gasteiger partial charge in [-0.2, -0.15) is 4.31 Å². The van der Waals surface area contributed by atoms with Crippen molar-refractivity contribution in [1.82, 2.24) is 13.9 Å². The van der Waals surface area contributed by atoms with Crippen LogP contribution in [0.25, 0.3) is 0 Å². The van der Waals surface area contributed by atoms with Gasteiger partial charge >= 0.3 is 0 Å². The van der Waals surface area contributed by atoms with E-state index in [0.29, 0.717) is 31.4 Å². The van der Waals surface area contributed by atoms with Crippen LogP contribution in [0.3, 0.4) is 0 Å². The SMILES string of the molecule is O=C1CC2(CN(S(=O)(=O)CCC3CCCC3)C2)n2ccnc2N1. The molecule has 126 valence electrons. The number of hydrogen-bond donors (Lipinski definition) is 1. The van der Waals surface area contributed by atoms with Crippen LogP contribution in [0.4, 0.5) is 5.95 Å². The summed E-state index contributed by atoms with van der Waals surface area (Å²) in [6, 6.07) is 0. The number of imidazole rings is 1. The van der Waals surface area contributed by atoms with Crippen molar-refractivity contribution in [3.8, 4) is 0 Å². The van der Waals surface area contributed by atoms with Crippen LogP contribution in [-0.4, -0.2) is 47.0 Å². The van der Waals surface area contributed by atoms with Crippen LogP contribution in [0.5, 0.6) is 0 Å². The summed E-state index contributed by atoms with van der Waals surface area (Å²) in [6.45, 7) is 0.744. The maximum atomic E-state index is 12.5. The van der Waals surface area contributed by atoms with E-state index >= 15 is 0 Å². The molecule has 7 nitrogen and oxygen atoms in total. The number of anilines is 1. The Morgan fingerprint density at radius 1 is 1.30 bits per heavy atom. The van der Waals surface area contributed by atoms with Gasteiger partial charge in [0, 0.05) is 25.5 Å². The third-order valence-electron chi connectivity index (χ3n) is 5.49. The molecule has 1 spiro atoms. The van der Waals surface area contributed by atoms with Crippen molar-refractivity contribution in [3.63, 3.8) is 0 Å². The molecule has 3 aliphatic rings. The maximum Gasteiger partial charge on any atom is 0.229 e. The molecule has 1 aromatic heterocycles. The highest BCUT2D eigenvalue weighted by atomic mass is 32.2. The molecule has 23 heavy (non-hydrogen) atoms. The smallest absolute Gasteiger partial charge is 0.229 e. The van der Waals surface area contributed by atoms with Crippen molar-refractivity contribution < 1.29 is 13.2 Å². The molecule has 2 fully saturated rings. The number of carbonyl (C=O) groups excluding carboxylic acids is 1. The molecule has 1 amide bonds. The number of carbonyl (C=O) groups is 1. The van der Waals surface area contributed by atoms with Crippen LogP contribution in [0.2, 0.25) is 0 Å². The van der Waals surface area contributed by atoms with E-state index in [9.17, 15) is 13.2 Å². The lowest BCUT2D eigenvalue weighted by molar-refractivity contribution is -0.121. The molecule has 4 rings (SSSR count). The second-order valence-corrected chi connectivity index (χ2v) is 9.18. The van der Waals surface area contributed by atoms with Gasteiger partial charge in [-0.1, -0.05) is 25.7 Å². The quantitative estimate of drug-likeness (QED) is 0.892. The predicted molar refractivity (Wildman–Crippen MR) is 85.4 cm³/mol. The minimum atomic E-state index is -3.22. The zero-order valence-electron chi connectivity index (χ0n) is 13.1. The van der Waals surface area contributed by atoms with Gasteiger partial charge in [-0.05, 0) is 12.3 Å². The van der Waals surface area contributed by atoms with Gasteiger partial charge in [0.05, 0.1) is 17.7 Å². The van der Waals surface area contributed by atoms with Gasteiger partial charge in [0.15, 0.2) is 0 Å². The molecule has 0 unspecified atom stereocenters. The fourth-order valence-corrected chi connectivity index (χ4v) is 5.91. The summed E-state index contributed by atoms with van der Waals surface area (Å²) in [5.41, 5.74) is -0.450. The largest absolute Gasteiger partial charge is 0.308 e. The van der Waals surface area contributed by atoms with Crippen molar-refractivity contribution in [2.24, 2.45) is 5.92 Å². The highest BCUT2D eigenvalue weighted by Crippen LogP contribution is 2.39. The minimum absolute atomic E-state index is 0.0910. The van der Waals surface area contributed by atoms with Crippen molar-refractivity contribution in [2.45, 2.75) is 44.1 Å². The summed E-state index contributed by atoms with van der Waals surface area (Å²) < 4.78 is 28.5. The molecular weight excluding hydrogens is 316 g/mol. The average Bonchev–Trinajstić information content (AvgIpc) is 3.12. The van der Waals surface area contributed by atoms with Crippen molar-refractivity contribution in [2.75, 3.05) is 24.2 Å². The average molecular weight is 338 g/mol.